The van der Waals surface area contributed by atoms with Gasteiger partial charge in [0.05, 0.1) is 7.11 Å². The van der Waals surface area contributed by atoms with Crippen molar-refractivity contribution in [3.8, 4) is 5.75 Å². The van der Waals surface area contributed by atoms with E-state index in [1.807, 2.05) is 6.92 Å². The molecule has 0 spiro atoms. The summed E-state index contributed by atoms with van der Waals surface area (Å²) < 4.78 is 6.04. The number of nitrogens with zero attached hydrogens (tertiary/aromatic N) is 2. The van der Waals surface area contributed by atoms with E-state index in [4.69, 9.17) is 4.74 Å². The fourth-order valence-corrected chi connectivity index (χ4v) is 3.67. The number of benzene rings is 1. The van der Waals surface area contributed by atoms with Crippen molar-refractivity contribution in [2.24, 2.45) is 0 Å². The van der Waals surface area contributed by atoms with Crippen LogP contribution in [0, 0.1) is 6.92 Å². The highest BCUT2D eigenvalue weighted by atomic mass is 32.2. The lowest BCUT2D eigenvalue weighted by molar-refractivity contribution is 0.102. The van der Waals surface area contributed by atoms with Gasteiger partial charge in [-0.1, -0.05) is 36.9 Å². The molecule has 1 N–H and O–H groups in total. The van der Waals surface area contributed by atoms with Gasteiger partial charge < -0.3 is 4.74 Å². The Balaban J connectivity index is 2.07. The van der Waals surface area contributed by atoms with Crippen molar-refractivity contribution in [2.45, 2.75) is 30.4 Å². The highest BCUT2D eigenvalue weighted by Gasteiger charge is 2.12. The van der Waals surface area contributed by atoms with E-state index in [0.29, 0.717) is 15.9 Å². The summed E-state index contributed by atoms with van der Waals surface area (Å²) in [4.78, 5) is 12.2. The second-order valence-electron chi connectivity index (χ2n) is 4.68. The molecule has 0 aliphatic rings. The van der Waals surface area contributed by atoms with E-state index in [-0.39, 0.29) is 5.91 Å². The van der Waals surface area contributed by atoms with Crippen LogP contribution in [0.5, 0.6) is 5.75 Å². The van der Waals surface area contributed by atoms with Crippen molar-refractivity contribution in [3.63, 3.8) is 0 Å². The molecule has 0 saturated heterocycles. The normalized spacial score (nSPS) is 10.7. The summed E-state index contributed by atoms with van der Waals surface area (Å²) in [6, 6.07) is 5.30. The van der Waals surface area contributed by atoms with Gasteiger partial charge in [0.25, 0.3) is 5.91 Å². The van der Waals surface area contributed by atoms with Crippen molar-refractivity contribution in [3.05, 3.63) is 29.3 Å². The summed E-state index contributed by atoms with van der Waals surface area (Å²) in [6.45, 7) is 6.08. The molecule has 0 unspecified atom stereocenters. The molecule has 1 amide bonds. The third kappa shape index (κ3) is 4.18. The molecule has 21 heavy (non-hydrogen) atoms. The summed E-state index contributed by atoms with van der Waals surface area (Å²) >= 11 is 3.01. The molecular weight excluding hydrogens is 306 g/mol. The highest BCUT2D eigenvalue weighted by Crippen LogP contribution is 2.28. The lowest BCUT2D eigenvalue weighted by Crippen LogP contribution is -2.12. The van der Waals surface area contributed by atoms with Gasteiger partial charge in [0.1, 0.15) is 5.75 Å². The molecule has 5 nitrogen and oxygen atoms in total. The first-order valence-electron chi connectivity index (χ1n) is 6.45. The molecule has 112 valence electrons. The Morgan fingerprint density at radius 3 is 2.76 bits per heavy atom. The molecule has 0 aliphatic heterocycles. The third-order valence-corrected chi connectivity index (χ3v) is 4.55. The van der Waals surface area contributed by atoms with Gasteiger partial charge >= 0.3 is 0 Å². The fraction of sp³-hybridized carbons (Fsp3) is 0.357. The highest BCUT2D eigenvalue weighted by molar-refractivity contribution is 8.01. The largest absolute Gasteiger partial charge is 0.496 e. The number of aryl methyl sites for hydroxylation is 1. The average Bonchev–Trinajstić information content (AvgIpc) is 2.84. The van der Waals surface area contributed by atoms with Crippen LogP contribution in [0.3, 0.4) is 0 Å². The first-order chi connectivity index (χ1) is 9.99. The summed E-state index contributed by atoms with van der Waals surface area (Å²) in [5.41, 5.74) is 1.49. The van der Waals surface area contributed by atoms with Crippen LogP contribution in [-0.2, 0) is 0 Å². The number of carbonyl (C=O) groups excluding carboxylic acids is 1. The molecule has 0 bridgehead atoms. The van der Waals surface area contributed by atoms with Crippen molar-refractivity contribution >= 4 is 34.1 Å². The smallest absolute Gasteiger partial charge is 0.257 e. The summed E-state index contributed by atoms with van der Waals surface area (Å²) in [5.74, 6) is 0.566. The minimum Gasteiger partial charge on any atom is -0.496 e. The summed E-state index contributed by atoms with van der Waals surface area (Å²) in [7, 11) is 1.61. The minimum atomic E-state index is -0.196. The van der Waals surface area contributed by atoms with Crippen molar-refractivity contribution in [1.82, 2.24) is 10.2 Å². The van der Waals surface area contributed by atoms with Crippen molar-refractivity contribution in [2.75, 3.05) is 12.4 Å². The second kappa shape index (κ2) is 6.91. The molecule has 0 radical (unpaired) electrons. The molecule has 1 heterocycles. The summed E-state index contributed by atoms with van der Waals surface area (Å²) in [6.07, 6.45) is 0. The number of methoxy groups -OCH3 is 1. The van der Waals surface area contributed by atoms with Gasteiger partial charge in [-0.3, -0.25) is 10.1 Å². The number of ether oxygens (including phenoxy) is 1. The zero-order valence-corrected chi connectivity index (χ0v) is 14.0. The maximum absolute atomic E-state index is 12.2. The number of hydrogen-bond acceptors (Lipinski definition) is 6. The van der Waals surface area contributed by atoms with Gasteiger partial charge in [-0.2, -0.15) is 0 Å². The molecular formula is C14H17N3O2S2. The molecule has 0 aliphatic carbocycles. The number of carbonyl (C=O) groups is 1. The zero-order chi connectivity index (χ0) is 15.4. The fourth-order valence-electron chi connectivity index (χ4n) is 1.70. The predicted octanol–water partition coefficient (Wildman–Crippen LogP) is 3.61. The number of rotatable bonds is 5. The molecule has 1 aromatic heterocycles. The van der Waals surface area contributed by atoms with Gasteiger partial charge in [0, 0.05) is 10.8 Å². The Hall–Kier alpha value is -1.60. The quantitative estimate of drug-likeness (QED) is 0.672. The first-order valence-corrected chi connectivity index (χ1v) is 8.15. The average molecular weight is 323 g/mol. The Labute approximate surface area is 132 Å². The van der Waals surface area contributed by atoms with E-state index < -0.39 is 0 Å². The Morgan fingerprint density at radius 1 is 1.38 bits per heavy atom. The minimum absolute atomic E-state index is 0.196. The van der Waals surface area contributed by atoms with Gasteiger partial charge in [-0.25, -0.2) is 0 Å². The number of anilines is 1. The van der Waals surface area contributed by atoms with Crippen molar-refractivity contribution in [1.29, 1.82) is 0 Å². The monoisotopic (exact) mass is 323 g/mol. The number of thioether (sulfide) groups is 1. The van der Waals surface area contributed by atoms with Crippen LogP contribution < -0.4 is 10.1 Å². The van der Waals surface area contributed by atoms with Crippen LogP contribution in [0.1, 0.15) is 29.8 Å². The molecule has 7 heteroatoms. The second-order valence-corrected chi connectivity index (χ2v) is 7.48. The van der Waals surface area contributed by atoms with Gasteiger partial charge in [0.2, 0.25) is 5.13 Å². The lowest BCUT2D eigenvalue weighted by atomic mass is 10.1. The third-order valence-electron chi connectivity index (χ3n) is 2.62. The van der Waals surface area contributed by atoms with Crippen LogP contribution >= 0.6 is 23.1 Å². The van der Waals surface area contributed by atoms with Crippen LogP contribution in [0.15, 0.2) is 22.5 Å². The maximum atomic E-state index is 12.2. The standard InChI is InChI=1S/C14H17N3O2S2/c1-8(2)20-14-17-16-13(21-14)15-12(18)10-5-6-11(19-4)9(3)7-10/h5-8H,1-4H3,(H,15,16,18). The van der Waals surface area contributed by atoms with E-state index in [0.717, 1.165) is 15.7 Å². The predicted molar refractivity (Wildman–Crippen MR) is 86.6 cm³/mol. The number of aromatic nitrogens is 2. The Kier molecular flexibility index (Phi) is 5.19. The van der Waals surface area contributed by atoms with E-state index >= 15 is 0 Å². The van der Waals surface area contributed by atoms with Gasteiger partial charge in [0.15, 0.2) is 4.34 Å². The SMILES string of the molecule is COc1ccc(C(=O)Nc2nnc(SC(C)C)s2)cc1C. The number of hydrogen-bond donors (Lipinski definition) is 1. The molecule has 0 fully saturated rings. The number of amides is 1. The molecule has 0 atom stereocenters. The first kappa shape index (κ1) is 15.8. The molecule has 2 rings (SSSR count). The van der Waals surface area contributed by atoms with Crippen LogP contribution in [0.25, 0.3) is 0 Å². The van der Waals surface area contributed by atoms with Crippen LogP contribution in [0.4, 0.5) is 5.13 Å². The van der Waals surface area contributed by atoms with Crippen molar-refractivity contribution < 1.29 is 9.53 Å². The Morgan fingerprint density at radius 2 is 2.14 bits per heavy atom. The van der Waals surface area contributed by atoms with Crippen LogP contribution in [-0.4, -0.2) is 28.5 Å². The van der Waals surface area contributed by atoms with Crippen LogP contribution in [0.2, 0.25) is 0 Å². The zero-order valence-electron chi connectivity index (χ0n) is 12.3. The molecule has 0 saturated carbocycles. The topological polar surface area (TPSA) is 64.1 Å². The Bertz CT molecular complexity index is 641. The lowest BCUT2D eigenvalue weighted by Gasteiger charge is -2.06. The van der Waals surface area contributed by atoms with Gasteiger partial charge in [-0.15, -0.1) is 10.2 Å². The van der Waals surface area contributed by atoms with E-state index in [2.05, 4.69) is 29.4 Å². The van der Waals surface area contributed by atoms with Gasteiger partial charge in [-0.05, 0) is 30.7 Å². The molecule has 2 aromatic rings. The molecule has 1 aromatic carbocycles. The summed E-state index contributed by atoms with van der Waals surface area (Å²) in [5, 5.41) is 11.7. The van der Waals surface area contributed by atoms with E-state index in [1.165, 1.54) is 11.3 Å². The van der Waals surface area contributed by atoms with E-state index in [9.17, 15) is 4.79 Å². The maximum Gasteiger partial charge on any atom is 0.257 e. The number of nitrogens with one attached hydrogen (secondary N) is 1. The van der Waals surface area contributed by atoms with E-state index in [1.54, 1.807) is 37.1 Å².